The maximum Gasteiger partial charge on any atom is 0.254 e. The molecule has 1 fully saturated rings. The number of anilines is 1. The fraction of sp³-hybridized carbons (Fsp3) is 0.316. The summed E-state index contributed by atoms with van der Waals surface area (Å²) in [5.41, 5.74) is 1.64. The molecule has 1 aliphatic rings. The van der Waals surface area contributed by atoms with Crippen LogP contribution in [0.25, 0.3) is 0 Å². The van der Waals surface area contributed by atoms with Crippen LogP contribution >= 0.6 is 11.6 Å². The van der Waals surface area contributed by atoms with E-state index in [1.807, 2.05) is 29.2 Å². The normalized spacial score (nSPS) is 14.4. The molecule has 1 aliphatic heterocycles. The molecule has 1 amide bonds. The van der Waals surface area contributed by atoms with E-state index in [2.05, 4.69) is 4.90 Å². The van der Waals surface area contributed by atoms with Gasteiger partial charge in [-0.2, -0.15) is 0 Å². The number of piperazine rings is 1. The molecule has 0 saturated carbocycles. The molecule has 5 nitrogen and oxygen atoms in total. The largest absolute Gasteiger partial charge is 0.495 e. The topological polar surface area (TPSA) is 42.0 Å². The summed E-state index contributed by atoms with van der Waals surface area (Å²) >= 11 is 6.13. The van der Waals surface area contributed by atoms with Crippen molar-refractivity contribution in [3.05, 3.63) is 53.1 Å². The van der Waals surface area contributed by atoms with Crippen LogP contribution in [-0.2, 0) is 0 Å². The summed E-state index contributed by atoms with van der Waals surface area (Å²) in [5.74, 6) is 1.41. The van der Waals surface area contributed by atoms with Crippen molar-refractivity contribution in [2.45, 2.75) is 0 Å². The van der Waals surface area contributed by atoms with E-state index in [4.69, 9.17) is 21.1 Å². The first-order valence-corrected chi connectivity index (χ1v) is 8.52. The number of methoxy groups -OCH3 is 2. The summed E-state index contributed by atoms with van der Waals surface area (Å²) in [6.07, 6.45) is 0. The molecule has 0 radical (unpaired) electrons. The maximum atomic E-state index is 12.7. The Morgan fingerprint density at radius 3 is 2.28 bits per heavy atom. The second-order valence-corrected chi connectivity index (χ2v) is 6.21. The van der Waals surface area contributed by atoms with Gasteiger partial charge in [0.05, 0.1) is 24.9 Å². The number of carbonyl (C=O) groups is 1. The van der Waals surface area contributed by atoms with Crippen molar-refractivity contribution in [3.63, 3.8) is 0 Å². The van der Waals surface area contributed by atoms with Gasteiger partial charge in [0, 0.05) is 31.7 Å². The monoisotopic (exact) mass is 360 g/mol. The fourth-order valence-electron chi connectivity index (χ4n) is 3.02. The van der Waals surface area contributed by atoms with Crippen molar-refractivity contribution in [2.24, 2.45) is 0 Å². The quantitative estimate of drug-likeness (QED) is 0.838. The van der Waals surface area contributed by atoms with Gasteiger partial charge in [0.2, 0.25) is 0 Å². The van der Waals surface area contributed by atoms with Crippen LogP contribution in [0.4, 0.5) is 5.69 Å². The van der Waals surface area contributed by atoms with E-state index >= 15 is 0 Å². The number of para-hydroxylation sites is 2. The van der Waals surface area contributed by atoms with Crippen molar-refractivity contribution >= 4 is 23.2 Å². The highest BCUT2D eigenvalue weighted by molar-refractivity contribution is 6.32. The Labute approximate surface area is 152 Å². The number of benzene rings is 2. The summed E-state index contributed by atoms with van der Waals surface area (Å²) in [4.78, 5) is 16.8. The number of hydrogen-bond donors (Lipinski definition) is 0. The van der Waals surface area contributed by atoms with Crippen LogP contribution in [0, 0.1) is 0 Å². The fourth-order valence-corrected chi connectivity index (χ4v) is 3.28. The smallest absolute Gasteiger partial charge is 0.254 e. The number of ether oxygens (including phenoxy) is 2. The molecule has 0 atom stereocenters. The number of hydrogen-bond acceptors (Lipinski definition) is 4. The Morgan fingerprint density at radius 1 is 0.960 bits per heavy atom. The van der Waals surface area contributed by atoms with Gasteiger partial charge in [-0.3, -0.25) is 4.79 Å². The molecular formula is C19H21ClN2O3. The van der Waals surface area contributed by atoms with Crippen molar-refractivity contribution < 1.29 is 14.3 Å². The summed E-state index contributed by atoms with van der Waals surface area (Å²) in [6, 6.07) is 13.1. The van der Waals surface area contributed by atoms with Gasteiger partial charge in [-0.05, 0) is 30.3 Å². The van der Waals surface area contributed by atoms with Gasteiger partial charge in [0.1, 0.15) is 11.5 Å². The van der Waals surface area contributed by atoms with E-state index < -0.39 is 0 Å². The third-order valence-electron chi connectivity index (χ3n) is 4.39. The van der Waals surface area contributed by atoms with Gasteiger partial charge in [0.15, 0.2) is 0 Å². The third kappa shape index (κ3) is 3.66. The lowest BCUT2D eigenvalue weighted by Gasteiger charge is -2.36. The SMILES string of the molecule is COc1ccc(C(=O)N2CCN(c3ccccc3OC)CC2)cc1Cl. The van der Waals surface area contributed by atoms with Crippen LogP contribution in [-0.4, -0.2) is 51.2 Å². The molecule has 1 saturated heterocycles. The number of nitrogens with zero attached hydrogens (tertiary/aromatic N) is 2. The number of halogens is 1. The molecule has 0 N–H and O–H groups in total. The highest BCUT2D eigenvalue weighted by atomic mass is 35.5. The lowest BCUT2D eigenvalue weighted by Crippen LogP contribution is -2.48. The van der Waals surface area contributed by atoms with Crippen molar-refractivity contribution in [1.82, 2.24) is 4.90 Å². The van der Waals surface area contributed by atoms with Crippen molar-refractivity contribution in [1.29, 1.82) is 0 Å². The molecule has 3 rings (SSSR count). The van der Waals surface area contributed by atoms with Crippen LogP contribution in [0.15, 0.2) is 42.5 Å². The summed E-state index contributed by atoms with van der Waals surface area (Å²) in [7, 11) is 3.23. The minimum atomic E-state index is -0.00997. The lowest BCUT2D eigenvalue weighted by molar-refractivity contribution is 0.0746. The Hall–Kier alpha value is -2.40. The third-order valence-corrected chi connectivity index (χ3v) is 4.69. The average molecular weight is 361 g/mol. The van der Waals surface area contributed by atoms with Gasteiger partial charge in [-0.15, -0.1) is 0 Å². The first kappa shape index (κ1) is 17.4. The molecule has 0 spiro atoms. The molecule has 132 valence electrons. The molecule has 1 heterocycles. The molecule has 0 aliphatic carbocycles. The van der Waals surface area contributed by atoms with Gasteiger partial charge < -0.3 is 19.3 Å². The number of amides is 1. The zero-order valence-corrected chi connectivity index (χ0v) is 15.1. The first-order valence-electron chi connectivity index (χ1n) is 8.15. The number of rotatable bonds is 4. The van der Waals surface area contributed by atoms with E-state index in [-0.39, 0.29) is 5.91 Å². The molecule has 2 aromatic rings. The molecule has 0 aromatic heterocycles. The van der Waals surface area contributed by atoms with Crippen LogP contribution < -0.4 is 14.4 Å². The van der Waals surface area contributed by atoms with Crippen LogP contribution in [0.2, 0.25) is 5.02 Å². The minimum absolute atomic E-state index is 0.00997. The van der Waals surface area contributed by atoms with Crippen LogP contribution in [0.3, 0.4) is 0 Å². The van der Waals surface area contributed by atoms with E-state index in [9.17, 15) is 4.79 Å². The predicted molar refractivity (Wildman–Crippen MR) is 99.1 cm³/mol. The second-order valence-electron chi connectivity index (χ2n) is 5.80. The Morgan fingerprint density at radius 2 is 1.64 bits per heavy atom. The molecule has 0 unspecified atom stereocenters. The lowest BCUT2D eigenvalue weighted by atomic mass is 10.1. The summed E-state index contributed by atoms with van der Waals surface area (Å²) in [6.45, 7) is 2.83. The Kier molecular flexibility index (Phi) is 5.34. The van der Waals surface area contributed by atoms with E-state index in [0.29, 0.717) is 29.4 Å². The zero-order valence-electron chi connectivity index (χ0n) is 14.4. The Bertz CT molecular complexity index is 758. The average Bonchev–Trinajstić information content (AvgIpc) is 2.67. The second kappa shape index (κ2) is 7.66. The molecule has 2 aromatic carbocycles. The first-order chi connectivity index (χ1) is 12.1. The van der Waals surface area contributed by atoms with Crippen LogP contribution in [0.5, 0.6) is 11.5 Å². The van der Waals surface area contributed by atoms with Crippen molar-refractivity contribution in [2.75, 3.05) is 45.3 Å². The summed E-state index contributed by atoms with van der Waals surface area (Å²) < 4.78 is 10.6. The van der Waals surface area contributed by atoms with Gasteiger partial charge >= 0.3 is 0 Å². The van der Waals surface area contributed by atoms with E-state index in [1.54, 1.807) is 32.4 Å². The van der Waals surface area contributed by atoms with Crippen molar-refractivity contribution in [3.8, 4) is 11.5 Å². The molecule has 0 bridgehead atoms. The molecule has 25 heavy (non-hydrogen) atoms. The van der Waals surface area contributed by atoms with Gasteiger partial charge in [0.25, 0.3) is 5.91 Å². The van der Waals surface area contributed by atoms with E-state index in [1.165, 1.54) is 0 Å². The van der Waals surface area contributed by atoms with Gasteiger partial charge in [-0.25, -0.2) is 0 Å². The zero-order chi connectivity index (χ0) is 17.8. The molecule has 6 heteroatoms. The minimum Gasteiger partial charge on any atom is -0.495 e. The maximum absolute atomic E-state index is 12.7. The Balaban J connectivity index is 1.67. The molecular weight excluding hydrogens is 340 g/mol. The standard InChI is InChI=1S/C19H21ClN2O3/c1-24-17-8-7-14(13-15(17)20)19(23)22-11-9-21(10-12-22)16-5-3-4-6-18(16)25-2/h3-8,13H,9-12H2,1-2H3. The highest BCUT2D eigenvalue weighted by Crippen LogP contribution is 2.29. The van der Waals surface area contributed by atoms with Crippen LogP contribution in [0.1, 0.15) is 10.4 Å². The predicted octanol–water partition coefficient (Wildman–Crippen LogP) is 3.32. The highest BCUT2D eigenvalue weighted by Gasteiger charge is 2.24. The summed E-state index contributed by atoms with van der Waals surface area (Å²) in [5, 5.41) is 0.445. The van der Waals surface area contributed by atoms with Gasteiger partial charge in [-0.1, -0.05) is 23.7 Å². The van der Waals surface area contributed by atoms with E-state index in [0.717, 1.165) is 24.5 Å². The number of carbonyl (C=O) groups excluding carboxylic acids is 1.